The summed E-state index contributed by atoms with van der Waals surface area (Å²) in [5.41, 5.74) is -1.78. The highest BCUT2D eigenvalue weighted by molar-refractivity contribution is 7.61. The molecular formula is C15H22N2O18P2. The van der Waals surface area contributed by atoms with Gasteiger partial charge in [0.1, 0.15) is 36.6 Å². The molecule has 2 aliphatic rings. The smallest absolute Gasteiger partial charge is 0.479 e. The van der Waals surface area contributed by atoms with E-state index in [9.17, 15) is 58.8 Å². The van der Waals surface area contributed by atoms with Crippen molar-refractivity contribution in [2.45, 2.75) is 55.2 Å². The molecule has 22 heteroatoms. The summed E-state index contributed by atoms with van der Waals surface area (Å²) >= 11 is 0. The van der Waals surface area contributed by atoms with E-state index in [2.05, 4.69) is 18.1 Å². The van der Waals surface area contributed by atoms with Crippen molar-refractivity contribution < 1.29 is 77.2 Å². The van der Waals surface area contributed by atoms with Gasteiger partial charge in [-0.25, -0.2) is 18.7 Å². The molecule has 0 aliphatic carbocycles. The van der Waals surface area contributed by atoms with Crippen LogP contribution in [0.1, 0.15) is 6.23 Å². The van der Waals surface area contributed by atoms with Crippen LogP contribution < -0.4 is 11.2 Å². The number of H-pyrrole nitrogens is 1. The Morgan fingerprint density at radius 2 is 1.62 bits per heavy atom. The van der Waals surface area contributed by atoms with Crippen molar-refractivity contribution in [3.8, 4) is 0 Å². The van der Waals surface area contributed by atoms with Gasteiger partial charge in [0.05, 0.1) is 6.61 Å². The van der Waals surface area contributed by atoms with Gasteiger partial charge in [-0.1, -0.05) is 0 Å². The van der Waals surface area contributed by atoms with E-state index in [1.54, 1.807) is 0 Å². The molecule has 0 aromatic carbocycles. The molecule has 3 unspecified atom stereocenters. The number of ether oxygens (including phenoxy) is 2. The molecule has 0 amide bonds. The van der Waals surface area contributed by atoms with Crippen LogP contribution in [0.3, 0.4) is 0 Å². The topological polar surface area (TPSA) is 314 Å². The van der Waals surface area contributed by atoms with Crippen LogP contribution in [0.15, 0.2) is 21.9 Å². The first-order valence-electron chi connectivity index (χ1n) is 9.98. The van der Waals surface area contributed by atoms with Crippen LogP contribution >= 0.6 is 15.6 Å². The number of nitrogens with one attached hydrogen (secondary N) is 1. The summed E-state index contributed by atoms with van der Waals surface area (Å²) in [4.78, 5) is 55.5. The van der Waals surface area contributed by atoms with E-state index in [0.29, 0.717) is 4.57 Å². The second kappa shape index (κ2) is 11.1. The lowest BCUT2D eigenvalue weighted by atomic mass is 9.99. The van der Waals surface area contributed by atoms with Gasteiger partial charge in [-0.3, -0.25) is 23.4 Å². The fourth-order valence-corrected chi connectivity index (χ4v) is 5.49. The summed E-state index contributed by atoms with van der Waals surface area (Å²) in [6.07, 6.45) is -17.2. The van der Waals surface area contributed by atoms with E-state index in [1.165, 1.54) is 0 Å². The van der Waals surface area contributed by atoms with Crippen molar-refractivity contribution in [1.29, 1.82) is 0 Å². The zero-order valence-corrected chi connectivity index (χ0v) is 19.8. The first-order chi connectivity index (χ1) is 17.0. The van der Waals surface area contributed by atoms with Crippen molar-refractivity contribution in [1.82, 2.24) is 9.55 Å². The van der Waals surface area contributed by atoms with Gasteiger partial charge in [0.2, 0.25) is 0 Å². The molecule has 11 atom stereocenters. The number of carbonyl (C=O) groups is 1. The molecule has 3 rings (SSSR count). The lowest BCUT2D eigenvalue weighted by molar-refractivity contribution is -0.274. The molecule has 0 saturated carbocycles. The minimum absolute atomic E-state index is 0.700. The number of carboxylic acids is 1. The molecule has 37 heavy (non-hydrogen) atoms. The van der Waals surface area contributed by atoms with E-state index in [0.717, 1.165) is 12.3 Å². The molecule has 2 aliphatic heterocycles. The van der Waals surface area contributed by atoms with Crippen molar-refractivity contribution >= 4 is 21.6 Å². The van der Waals surface area contributed by atoms with Crippen LogP contribution in [0.5, 0.6) is 0 Å². The van der Waals surface area contributed by atoms with Crippen LogP contribution in [-0.4, -0.2) is 112 Å². The monoisotopic (exact) mass is 580 g/mol. The summed E-state index contributed by atoms with van der Waals surface area (Å²) in [6.45, 7) is -1.07. The summed E-state index contributed by atoms with van der Waals surface area (Å²) < 4.78 is 47.6. The molecule has 2 saturated heterocycles. The van der Waals surface area contributed by atoms with Gasteiger partial charge in [0, 0.05) is 12.3 Å². The number of phosphoric acid groups is 2. The van der Waals surface area contributed by atoms with Gasteiger partial charge >= 0.3 is 27.3 Å². The van der Waals surface area contributed by atoms with E-state index in [1.807, 2.05) is 4.98 Å². The number of aliphatic carboxylic acids is 1. The molecule has 0 bridgehead atoms. The Hall–Kier alpha value is -1.87. The zero-order valence-electron chi connectivity index (χ0n) is 18.1. The quantitative estimate of drug-likeness (QED) is 0.124. The molecule has 0 spiro atoms. The van der Waals surface area contributed by atoms with E-state index < -0.39 is 94.7 Å². The number of aromatic nitrogens is 2. The number of aliphatic hydroxyl groups excluding tert-OH is 5. The Labute approximate surface area is 204 Å². The Kier molecular flexibility index (Phi) is 8.89. The SMILES string of the molecule is O=C(O)[C@H]1O[C@H](OP(=O)(O)OP(=O)(O)OC[C@H]2OC(n3ccc(=O)[nH]c3=O)[C@H](O)[C@@H]2O)[C@H](O)[C@@H](O)[C@H]1O. The first kappa shape index (κ1) is 29.7. The lowest BCUT2D eigenvalue weighted by Gasteiger charge is -2.38. The maximum Gasteiger partial charge on any atom is 0.483 e. The van der Waals surface area contributed by atoms with Crippen molar-refractivity contribution in [2.24, 2.45) is 0 Å². The summed E-state index contributed by atoms with van der Waals surface area (Å²) in [7, 11) is -11.3. The van der Waals surface area contributed by atoms with Crippen molar-refractivity contribution in [3.63, 3.8) is 0 Å². The van der Waals surface area contributed by atoms with E-state index in [4.69, 9.17) is 9.84 Å². The number of rotatable bonds is 9. The van der Waals surface area contributed by atoms with Gasteiger partial charge in [0.25, 0.3) is 5.56 Å². The molecule has 1 aromatic rings. The maximum atomic E-state index is 12.2. The van der Waals surface area contributed by atoms with Crippen molar-refractivity contribution in [2.75, 3.05) is 6.61 Å². The molecule has 210 valence electrons. The predicted molar refractivity (Wildman–Crippen MR) is 109 cm³/mol. The number of aliphatic hydroxyl groups is 5. The fraction of sp³-hybridized carbons (Fsp3) is 0.667. The third-order valence-corrected chi connectivity index (χ3v) is 7.72. The predicted octanol–water partition coefficient (Wildman–Crippen LogP) is -4.70. The molecule has 9 N–H and O–H groups in total. The van der Waals surface area contributed by atoms with Gasteiger partial charge in [-0.2, -0.15) is 4.31 Å². The Morgan fingerprint density at radius 1 is 0.973 bits per heavy atom. The molecule has 1 aromatic heterocycles. The average Bonchev–Trinajstić information content (AvgIpc) is 3.05. The minimum Gasteiger partial charge on any atom is -0.479 e. The Morgan fingerprint density at radius 3 is 2.22 bits per heavy atom. The molecule has 3 heterocycles. The maximum absolute atomic E-state index is 12.2. The number of carboxylic acid groups (broad SMARTS) is 1. The van der Waals surface area contributed by atoms with Gasteiger partial charge in [-0.15, -0.1) is 0 Å². The summed E-state index contributed by atoms with van der Waals surface area (Å²) in [5.74, 6) is -1.85. The highest BCUT2D eigenvalue weighted by atomic mass is 31.3. The van der Waals surface area contributed by atoms with Crippen LogP contribution in [0.2, 0.25) is 0 Å². The molecule has 2 fully saturated rings. The number of hydrogen-bond donors (Lipinski definition) is 9. The highest BCUT2D eigenvalue weighted by Gasteiger charge is 2.51. The van der Waals surface area contributed by atoms with Crippen LogP contribution in [-0.2, 0) is 36.8 Å². The summed E-state index contributed by atoms with van der Waals surface area (Å²) in [5, 5.41) is 58.3. The van der Waals surface area contributed by atoms with Gasteiger partial charge in [-0.05, 0) is 0 Å². The summed E-state index contributed by atoms with van der Waals surface area (Å²) in [6, 6.07) is 0.910. The molecular weight excluding hydrogens is 558 g/mol. The van der Waals surface area contributed by atoms with E-state index in [-0.39, 0.29) is 0 Å². The zero-order chi connectivity index (χ0) is 27.9. The van der Waals surface area contributed by atoms with Crippen molar-refractivity contribution in [3.05, 3.63) is 33.1 Å². The number of hydrogen-bond acceptors (Lipinski definition) is 15. The Bertz CT molecular complexity index is 1200. The number of phosphoric ester groups is 2. The Balaban J connectivity index is 1.63. The fourth-order valence-electron chi connectivity index (χ4n) is 3.34. The molecule has 20 nitrogen and oxygen atoms in total. The second-order valence-electron chi connectivity index (χ2n) is 7.72. The normalized spacial score (nSPS) is 37.5. The third-order valence-electron chi connectivity index (χ3n) is 5.12. The van der Waals surface area contributed by atoms with E-state index >= 15 is 0 Å². The minimum atomic E-state index is -5.72. The third kappa shape index (κ3) is 6.77. The number of aromatic amines is 1. The van der Waals surface area contributed by atoms with Crippen LogP contribution in [0.25, 0.3) is 0 Å². The van der Waals surface area contributed by atoms with Crippen LogP contribution in [0.4, 0.5) is 0 Å². The van der Waals surface area contributed by atoms with Gasteiger partial charge in [0.15, 0.2) is 18.6 Å². The molecule has 0 radical (unpaired) electrons. The largest absolute Gasteiger partial charge is 0.483 e. The first-order valence-corrected chi connectivity index (χ1v) is 13.0. The standard InChI is InChI=1S/C15H22N2O18P2/c18-5-1-2-17(15(26)16-5)12-9(22)6(19)4(32-12)3-31-36(27,28)35-37(29,30)34-14-10(23)7(20)8(21)11(33-14)13(24)25/h1-2,4,6-12,14,19-23H,3H2,(H,24,25)(H,27,28)(H,29,30)(H,16,18,26)/t4-,6-,7+,8-,9-,10-,11+,12?,14-/m1/s1. The highest BCUT2D eigenvalue weighted by Crippen LogP contribution is 2.61. The number of nitrogens with zero attached hydrogens (tertiary/aromatic N) is 1. The lowest BCUT2D eigenvalue weighted by Crippen LogP contribution is -2.60. The van der Waals surface area contributed by atoms with Gasteiger partial charge < -0.3 is 49.9 Å². The average molecular weight is 580 g/mol. The van der Waals surface area contributed by atoms with Crippen LogP contribution in [0, 0.1) is 0 Å². The second-order valence-corrected chi connectivity index (χ2v) is 10.7.